The van der Waals surface area contributed by atoms with Gasteiger partial charge in [0.25, 0.3) is 0 Å². The van der Waals surface area contributed by atoms with Gasteiger partial charge in [0, 0.05) is 6.20 Å². The maximum atomic E-state index is 8.84. The topological polar surface area (TPSA) is 78.2 Å². The van der Waals surface area contributed by atoms with Gasteiger partial charge in [-0.15, -0.1) is 5.10 Å². The van der Waals surface area contributed by atoms with E-state index >= 15 is 0 Å². The molecule has 0 saturated carbocycles. The predicted molar refractivity (Wildman–Crippen MR) is 62.9 cm³/mol. The first-order valence-corrected chi connectivity index (χ1v) is 5.61. The number of aromatic nitrogens is 4. The largest absolute Gasteiger partial charge is 0.254 e. The average molecular weight is 227 g/mol. The molecule has 1 N–H and O–H groups in total. The normalized spacial score (nSPS) is 10.1. The van der Waals surface area contributed by atoms with Crippen molar-refractivity contribution in [2.75, 3.05) is 0 Å². The van der Waals surface area contributed by atoms with Crippen molar-refractivity contribution >= 4 is 0 Å². The van der Waals surface area contributed by atoms with Crippen LogP contribution in [-0.4, -0.2) is 20.4 Å². The molecule has 2 rings (SSSR count). The molecule has 0 spiro atoms. The van der Waals surface area contributed by atoms with Gasteiger partial charge in [-0.3, -0.25) is 4.98 Å². The Kier molecular flexibility index (Phi) is 3.46. The zero-order valence-electron chi connectivity index (χ0n) is 9.64. The second-order valence-electron chi connectivity index (χ2n) is 3.79. The average Bonchev–Trinajstić information content (AvgIpc) is 2.85. The quantitative estimate of drug-likeness (QED) is 0.867. The molecule has 2 aromatic heterocycles. The van der Waals surface area contributed by atoms with E-state index in [0.29, 0.717) is 11.4 Å². The van der Waals surface area contributed by atoms with Gasteiger partial charge in [0.05, 0.1) is 5.69 Å². The van der Waals surface area contributed by atoms with Crippen molar-refractivity contribution in [3.05, 3.63) is 29.6 Å². The van der Waals surface area contributed by atoms with Crippen molar-refractivity contribution in [3.8, 4) is 17.5 Å². The van der Waals surface area contributed by atoms with Crippen LogP contribution in [0.15, 0.2) is 18.3 Å². The standard InChI is InChI=1S/C12H13N5/c1-2-3-4-9-5-6-10(14-8-9)12-11(7-13)15-17-16-12/h5-6,8H,2-4H2,1H3,(H,15,16,17). The molecule has 0 aliphatic rings. The highest BCUT2D eigenvalue weighted by Gasteiger charge is 2.10. The number of hydrogen-bond acceptors (Lipinski definition) is 4. The van der Waals surface area contributed by atoms with Crippen LogP contribution >= 0.6 is 0 Å². The summed E-state index contributed by atoms with van der Waals surface area (Å²) in [6, 6.07) is 5.88. The minimum absolute atomic E-state index is 0.277. The Morgan fingerprint density at radius 3 is 2.88 bits per heavy atom. The van der Waals surface area contributed by atoms with E-state index in [2.05, 4.69) is 27.3 Å². The minimum atomic E-state index is 0.277. The van der Waals surface area contributed by atoms with Gasteiger partial charge in [-0.05, 0) is 24.5 Å². The van der Waals surface area contributed by atoms with Crippen LogP contribution in [-0.2, 0) is 6.42 Å². The molecule has 17 heavy (non-hydrogen) atoms. The Bertz CT molecular complexity index is 521. The molecule has 0 aromatic carbocycles. The van der Waals surface area contributed by atoms with E-state index in [1.807, 2.05) is 24.4 Å². The SMILES string of the molecule is CCCCc1ccc(-c2n[nH]nc2C#N)nc1. The van der Waals surface area contributed by atoms with Crippen LogP contribution in [0.25, 0.3) is 11.4 Å². The summed E-state index contributed by atoms with van der Waals surface area (Å²) in [4.78, 5) is 4.31. The number of hydrogen-bond donors (Lipinski definition) is 1. The Balaban J connectivity index is 2.21. The third-order valence-corrected chi connectivity index (χ3v) is 2.54. The summed E-state index contributed by atoms with van der Waals surface area (Å²) in [6.45, 7) is 2.16. The van der Waals surface area contributed by atoms with E-state index in [-0.39, 0.29) is 5.69 Å². The monoisotopic (exact) mass is 227 g/mol. The Morgan fingerprint density at radius 1 is 1.35 bits per heavy atom. The number of nitrogens with zero attached hydrogens (tertiary/aromatic N) is 4. The van der Waals surface area contributed by atoms with Crippen LogP contribution in [0.4, 0.5) is 0 Å². The van der Waals surface area contributed by atoms with Crippen LogP contribution in [0.1, 0.15) is 31.0 Å². The number of H-pyrrole nitrogens is 1. The fourth-order valence-electron chi connectivity index (χ4n) is 1.58. The van der Waals surface area contributed by atoms with Crippen molar-refractivity contribution in [1.82, 2.24) is 20.4 Å². The first kappa shape index (κ1) is 11.3. The summed E-state index contributed by atoms with van der Waals surface area (Å²) in [5.41, 5.74) is 2.67. The van der Waals surface area contributed by atoms with Crippen molar-refractivity contribution < 1.29 is 0 Å². The molecular formula is C12H13N5. The summed E-state index contributed by atoms with van der Waals surface area (Å²) in [7, 11) is 0. The molecule has 0 radical (unpaired) electrons. The van der Waals surface area contributed by atoms with Crippen LogP contribution in [0.3, 0.4) is 0 Å². The maximum absolute atomic E-state index is 8.84. The fourth-order valence-corrected chi connectivity index (χ4v) is 1.58. The molecule has 0 bridgehead atoms. The highest BCUT2D eigenvalue weighted by molar-refractivity contribution is 5.59. The van der Waals surface area contributed by atoms with Gasteiger partial charge in [0.2, 0.25) is 0 Å². The van der Waals surface area contributed by atoms with E-state index in [1.54, 1.807) is 0 Å². The van der Waals surface area contributed by atoms with Crippen molar-refractivity contribution in [2.24, 2.45) is 0 Å². The van der Waals surface area contributed by atoms with Gasteiger partial charge >= 0.3 is 0 Å². The second kappa shape index (κ2) is 5.21. The highest BCUT2D eigenvalue weighted by atomic mass is 15.3. The second-order valence-corrected chi connectivity index (χ2v) is 3.79. The van der Waals surface area contributed by atoms with Gasteiger partial charge in [-0.2, -0.15) is 15.6 Å². The number of aryl methyl sites for hydroxylation is 1. The lowest BCUT2D eigenvalue weighted by Crippen LogP contribution is -1.90. The number of nitrogens with one attached hydrogen (secondary N) is 1. The molecule has 0 aliphatic heterocycles. The van der Waals surface area contributed by atoms with E-state index < -0.39 is 0 Å². The Hall–Kier alpha value is -2.22. The van der Waals surface area contributed by atoms with Gasteiger partial charge in [0.15, 0.2) is 5.69 Å². The third-order valence-electron chi connectivity index (χ3n) is 2.54. The Labute approximate surface area is 99.5 Å². The summed E-state index contributed by atoms with van der Waals surface area (Å²) in [5, 5.41) is 18.9. The molecule has 86 valence electrons. The van der Waals surface area contributed by atoms with E-state index in [0.717, 1.165) is 12.8 Å². The zero-order chi connectivity index (χ0) is 12.1. The molecule has 5 nitrogen and oxygen atoms in total. The summed E-state index contributed by atoms with van der Waals surface area (Å²) in [5.74, 6) is 0. The summed E-state index contributed by atoms with van der Waals surface area (Å²) < 4.78 is 0. The van der Waals surface area contributed by atoms with Crippen LogP contribution < -0.4 is 0 Å². The molecule has 0 aliphatic carbocycles. The smallest absolute Gasteiger partial charge is 0.192 e. The van der Waals surface area contributed by atoms with Gasteiger partial charge in [-0.1, -0.05) is 19.4 Å². The Morgan fingerprint density at radius 2 is 2.24 bits per heavy atom. The summed E-state index contributed by atoms with van der Waals surface area (Å²) >= 11 is 0. The lowest BCUT2D eigenvalue weighted by atomic mass is 10.1. The van der Waals surface area contributed by atoms with Gasteiger partial charge in [-0.25, -0.2) is 0 Å². The van der Waals surface area contributed by atoms with Crippen LogP contribution in [0.2, 0.25) is 0 Å². The molecule has 5 heteroatoms. The van der Waals surface area contributed by atoms with Gasteiger partial charge < -0.3 is 0 Å². The molecule has 0 atom stereocenters. The van der Waals surface area contributed by atoms with E-state index in [9.17, 15) is 0 Å². The zero-order valence-corrected chi connectivity index (χ0v) is 9.64. The molecule has 0 fully saturated rings. The third kappa shape index (κ3) is 2.48. The molecular weight excluding hydrogens is 214 g/mol. The maximum Gasteiger partial charge on any atom is 0.192 e. The van der Waals surface area contributed by atoms with Crippen molar-refractivity contribution in [3.63, 3.8) is 0 Å². The van der Waals surface area contributed by atoms with Crippen molar-refractivity contribution in [2.45, 2.75) is 26.2 Å². The molecule has 0 amide bonds. The predicted octanol–water partition coefficient (Wildman–Crippen LogP) is 2.08. The fraction of sp³-hybridized carbons (Fsp3) is 0.333. The van der Waals surface area contributed by atoms with E-state index in [1.165, 1.54) is 12.0 Å². The molecule has 2 aromatic rings. The first-order chi connectivity index (χ1) is 8.35. The number of pyridine rings is 1. The lowest BCUT2D eigenvalue weighted by molar-refractivity contribution is 0.792. The van der Waals surface area contributed by atoms with Crippen molar-refractivity contribution in [1.29, 1.82) is 5.26 Å². The van der Waals surface area contributed by atoms with Crippen LogP contribution in [0, 0.1) is 11.3 Å². The molecule has 0 saturated heterocycles. The number of rotatable bonds is 4. The lowest BCUT2D eigenvalue weighted by Gasteiger charge is -2.00. The number of aromatic amines is 1. The van der Waals surface area contributed by atoms with Gasteiger partial charge in [0.1, 0.15) is 11.8 Å². The summed E-state index contributed by atoms with van der Waals surface area (Å²) in [6.07, 6.45) is 5.20. The molecule has 2 heterocycles. The van der Waals surface area contributed by atoms with Crippen LogP contribution in [0.5, 0.6) is 0 Å². The number of nitriles is 1. The highest BCUT2D eigenvalue weighted by Crippen LogP contribution is 2.17. The van der Waals surface area contributed by atoms with E-state index in [4.69, 9.17) is 5.26 Å². The minimum Gasteiger partial charge on any atom is -0.254 e. The number of unbranched alkanes of at least 4 members (excludes halogenated alkanes) is 1. The molecule has 0 unspecified atom stereocenters. The first-order valence-electron chi connectivity index (χ1n) is 5.61.